The number of halogens is 1. The van der Waals surface area contributed by atoms with Crippen LogP contribution in [0.5, 0.6) is 11.5 Å². The number of carbonyl (C=O) groups is 2. The highest BCUT2D eigenvalue weighted by Gasteiger charge is 2.26. The summed E-state index contributed by atoms with van der Waals surface area (Å²) in [7, 11) is 1.46. The Hall–Kier alpha value is -3.89. The van der Waals surface area contributed by atoms with Crippen LogP contribution in [0.2, 0.25) is 5.02 Å². The van der Waals surface area contributed by atoms with Crippen LogP contribution >= 0.6 is 22.9 Å². The summed E-state index contributed by atoms with van der Waals surface area (Å²) in [6.45, 7) is 3.16. The number of ether oxygens (including phenoxy) is 3. The number of aliphatic carboxylic acids is 1. The predicted molar refractivity (Wildman–Crippen MR) is 140 cm³/mol. The SMILES string of the molecule is COc1cc(-n2cnc3cc(-c4ccc(Cl)cc4)sc3c2=O)ccc1OCC(C)(C)OC(=O)CC(=O)O. The molecule has 0 saturated carbocycles. The first kappa shape index (κ1) is 26.2. The largest absolute Gasteiger partial charge is 0.493 e. The van der Waals surface area contributed by atoms with E-state index >= 15 is 0 Å². The first-order valence-electron chi connectivity index (χ1n) is 11.1. The molecule has 0 radical (unpaired) electrons. The molecule has 0 atom stereocenters. The highest BCUT2D eigenvalue weighted by molar-refractivity contribution is 7.22. The molecule has 0 fully saturated rings. The molecule has 2 heterocycles. The smallest absolute Gasteiger partial charge is 0.317 e. The summed E-state index contributed by atoms with van der Waals surface area (Å²) in [4.78, 5) is 41.1. The molecule has 0 aliphatic carbocycles. The Bertz CT molecular complexity index is 1530. The number of nitrogens with zero attached hydrogens (tertiary/aromatic N) is 2. The number of aromatic nitrogens is 2. The van der Waals surface area contributed by atoms with E-state index in [1.54, 1.807) is 44.2 Å². The number of hydrogen-bond acceptors (Lipinski definition) is 8. The standard InChI is InChI=1S/C26H23ClN2O7S/c1-26(2,36-23(32)12-22(30)31)13-35-19-9-8-17(10-20(19)34-3)29-14-28-18-11-21(37-24(18)25(29)33)15-4-6-16(27)7-5-15/h4-11,14H,12-13H2,1-3H3,(H,30,31). The van der Waals surface area contributed by atoms with Crippen LogP contribution in [0.3, 0.4) is 0 Å². The molecule has 192 valence electrons. The third-order valence-corrected chi connectivity index (χ3v) is 6.67. The molecule has 11 heteroatoms. The van der Waals surface area contributed by atoms with E-state index < -0.39 is 24.0 Å². The Balaban J connectivity index is 1.57. The van der Waals surface area contributed by atoms with Gasteiger partial charge in [0.15, 0.2) is 11.5 Å². The Morgan fingerprint density at radius 1 is 1.11 bits per heavy atom. The molecule has 0 spiro atoms. The summed E-state index contributed by atoms with van der Waals surface area (Å²) >= 11 is 7.34. The summed E-state index contributed by atoms with van der Waals surface area (Å²) in [5.74, 6) is -1.42. The molecule has 9 nitrogen and oxygen atoms in total. The van der Waals surface area contributed by atoms with Crippen LogP contribution in [0.1, 0.15) is 20.3 Å². The van der Waals surface area contributed by atoms with Crippen LogP contribution in [0.4, 0.5) is 0 Å². The van der Waals surface area contributed by atoms with E-state index in [-0.39, 0.29) is 12.2 Å². The van der Waals surface area contributed by atoms with Crippen molar-refractivity contribution in [3.8, 4) is 27.6 Å². The van der Waals surface area contributed by atoms with Gasteiger partial charge in [0.2, 0.25) is 0 Å². The van der Waals surface area contributed by atoms with Gasteiger partial charge < -0.3 is 19.3 Å². The Morgan fingerprint density at radius 3 is 2.51 bits per heavy atom. The molecule has 1 N–H and O–H groups in total. The lowest BCUT2D eigenvalue weighted by atomic mass is 10.1. The minimum absolute atomic E-state index is 0.0514. The highest BCUT2D eigenvalue weighted by Crippen LogP contribution is 2.33. The number of methoxy groups -OCH3 is 1. The number of rotatable bonds is 9. The summed E-state index contributed by atoms with van der Waals surface area (Å²) in [5.41, 5.74) is 0.763. The van der Waals surface area contributed by atoms with E-state index in [1.165, 1.54) is 29.3 Å². The van der Waals surface area contributed by atoms with Gasteiger partial charge in [-0.2, -0.15) is 0 Å². The number of carboxylic acid groups (broad SMARTS) is 1. The van der Waals surface area contributed by atoms with Crippen LogP contribution < -0.4 is 15.0 Å². The van der Waals surface area contributed by atoms with Gasteiger partial charge >= 0.3 is 11.9 Å². The van der Waals surface area contributed by atoms with E-state index in [9.17, 15) is 14.4 Å². The van der Waals surface area contributed by atoms with Crippen molar-refractivity contribution >= 4 is 45.1 Å². The van der Waals surface area contributed by atoms with E-state index in [0.717, 1.165) is 10.4 Å². The molecule has 0 aliphatic rings. The van der Waals surface area contributed by atoms with Crippen molar-refractivity contribution < 1.29 is 28.9 Å². The van der Waals surface area contributed by atoms with Gasteiger partial charge in [-0.25, -0.2) is 4.98 Å². The second kappa shape index (κ2) is 10.6. The lowest BCUT2D eigenvalue weighted by Crippen LogP contribution is -2.35. The maximum atomic E-state index is 13.3. The number of carbonyl (C=O) groups excluding carboxylic acids is 1. The van der Waals surface area contributed by atoms with Gasteiger partial charge in [-0.1, -0.05) is 23.7 Å². The summed E-state index contributed by atoms with van der Waals surface area (Å²) in [6, 6.07) is 14.2. The van der Waals surface area contributed by atoms with Crippen LogP contribution in [0.15, 0.2) is 59.7 Å². The lowest BCUT2D eigenvalue weighted by molar-refractivity contribution is -0.163. The first-order valence-corrected chi connectivity index (χ1v) is 12.3. The number of hydrogen-bond donors (Lipinski definition) is 1. The minimum atomic E-state index is -1.27. The van der Waals surface area contributed by atoms with Gasteiger partial charge in [-0.05, 0) is 49.7 Å². The third kappa shape index (κ3) is 6.10. The first-order chi connectivity index (χ1) is 17.6. The monoisotopic (exact) mass is 542 g/mol. The fourth-order valence-electron chi connectivity index (χ4n) is 3.53. The summed E-state index contributed by atoms with van der Waals surface area (Å²) in [5, 5.41) is 9.37. The predicted octanol–water partition coefficient (Wildman–Crippen LogP) is 4.95. The molecule has 2 aromatic carbocycles. The van der Waals surface area contributed by atoms with Crippen LogP contribution in [-0.2, 0) is 14.3 Å². The third-order valence-electron chi connectivity index (χ3n) is 5.25. The lowest BCUT2D eigenvalue weighted by Gasteiger charge is -2.25. The quantitative estimate of drug-likeness (QED) is 0.233. The zero-order valence-corrected chi connectivity index (χ0v) is 21.8. The van der Waals surface area contributed by atoms with Gasteiger partial charge in [-0.3, -0.25) is 19.0 Å². The number of carboxylic acids is 1. The topological polar surface area (TPSA) is 117 Å². The van der Waals surface area contributed by atoms with Crippen molar-refractivity contribution in [1.29, 1.82) is 0 Å². The van der Waals surface area contributed by atoms with Crippen LogP contribution in [0, 0.1) is 0 Å². The van der Waals surface area contributed by atoms with Crippen LogP contribution in [-0.4, -0.2) is 45.9 Å². The molecular formula is C26H23ClN2O7S. The normalized spacial score (nSPS) is 11.4. The molecule has 0 aliphatic heterocycles. The average molecular weight is 543 g/mol. The zero-order chi connectivity index (χ0) is 26.7. The fourth-order valence-corrected chi connectivity index (χ4v) is 4.70. The second-order valence-corrected chi connectivity index (χ2v) is 10.2. The highest BCUT2D eigenvalue weighted by atomic mass is 35.5. The zero-order valence-electron chi connectivity index (χ0n) is 20.2. The summed E-state index contributed by atoms with van der Waals surface area (Å²) in [6.07, 6.45) is 0.726. The minimum Gasteiger partial charge on any atom is -0.493 e. The molecule has 0 bridgehead atoms. The van der Waals surface area contributed by atoms with Crippen molar-refractivity contribution in [2.75, 3.05) is 13.7 Å². The number of fused-ring (bicyclic) bond motifs is 1. The number of thiophene rings is 1. The molecule has 0 amide bonds. The molecule has 0 unspecified atom stereocenters. The van der Waals surface area contributed by atoms with Crippen molar-refractivity contribution in [3.05, 3.63) is 70.2 Å². The van der Waals surface area contributed by atoms with Gasteiger partial charge in [0.05, 0.1) is 18.3 Å². The van der Waals surface area contributed by atoms with Crippen molar-refractivity contribution in [3.63, 3.8) is 0 Å². The molecule has 0 saturated heterocycles. The van der Waals surface area contributed by atoms with E-state index in [4.69, 9.17) is 30.9 Å². The average Bonchev–Trinajstić information content (AvgIpc) is 3.28. The van der Waals surface area contributed by atoms with E-state index in [0.29, 0.717) is 32.4 Å². The molecule has 2 aromatic heterocycles. The maximum Gasteiger partial charge on any atom is 0.317 e. The van der Waals surface area contributed by atoms with Gasteiger partial charge in [-0.15, -0.1) is 11.3 Å². The second-order valence-electron chi connectivity index (χ2n) is 8.68. The number of benzene rings is 2. The molecule has 37 heavy (non-hydrogen) atoms. The molecule has 4 rings (SSSR count). The van der Waals surface area contributed by atoms with Crippen LogP contribution in [0.25, 0.3) is 26.3 Å². The fraction of sp³-hybridized carbons (Fsp3) is 0.231. The van der Waals surface area contributed by atoms with E-state index in [1.807, 2.05) is 18.2 Å². The summed E-state index contributed by atoms with van der Waals surface area (Å²) < 4.78 is 18.4. The van der Waals surface area contributed by atoms with Gasteiger partial charge in [0, 0.05) is 16.0 Å². The molecular weight excluding hydrogens is 520 g/mol. The maximum absolute atomic E-state index is 13.3. The Labute approximate surface area is 220 Å². The van der Waals surface area contributed by atoms with Gasteiger partial charge in [0.1, 0.15) is 29.7 Å². The van der Waals surface area contributed by atoms with Crippen molar-refractivity contribution in [2.24, 2.45) is 0 Å². The van der Waals surface area contributed by atoms with Gasteiger partial charge in [0.25, 0.3) is 5.56 Å². The van der Waals surface area contributed by atoms with Crippen molar-refractivity contribution in [2.45, 2.75) is 25.9 Å². The Morgan fingerprint density at radius 2 is 1.84 bits per heavy atom. The number of esters is 1. The van der Waals surface area contributed by atoms with E-state index in [2.05, 4.69) is 4.98 Å². The Kier molecular flexibility index (Phi) is 7.51. The van der Waals surface area contributed by atoms with Crippen molar-refractivity contribution in [1.82, 2.24) is 9.55 Å². The molecule has 4 aromatic rings.